The van der Waals surface area contributed by atoms with Crippen LogP contribution in [-0.4, -0.2) is 25.8 Å². The summed E-state index contributed by atoms with van der Waals surface area (Å²) >= 11 is 0. The van der Waals surface area contributed by atoms with Crippen LogP contribution in [0.2, 0.25) is 0 Å². The molecule has 0 aromatic carbocycles. The maximum Gasteiger partial charge on any atom is 0.0594 e. The van der Waals surface area contributed by atoms with Crippen molar-refractivity contribution in [2.75, 3.05) is 19.7 Å². The molecule has 0 heterocycles. The molecule has 0 aromatic rings. The van der Waals surface area contributed by atoms with Gasteiger partial charge in [0.1, 0.15) is 0 Å². The fourth-order valence-corrected chi connectivity index (χ4v) is 2.34. The Hall–Kier alpha value is -0.0800. The lowest BCUT2D eigenvalue weighted by atomic mass is 9.89. The van der Waals surface area contributed by atoms with Crippen LogP contribution in [0.25, 0.3) is 0 Å². The highest BCUT2D eigenvalue weighted by molar-refractivity contribution is 4.70. The van der Waals surface area contributed by atoms with Crippen LogP contribution in [0.3, 0.4) is 0 Å². The van der Waals surface area contributed by atoms with Gasteiger partial charge in [-0.1, -0.05) is 33.6 Å². The molecule has 16 heavy (non-hydrogen) atoms. The first-order valence-corrected chi connectivity index (χ1v) is 7.00. The average Bonchev–Trinajstić information content (AvgIpc) is 2.23. The van der Waals surface area contributed by atoms with Gasteiger partial charge < -0.3 is 10.1 Å². The Morgan fingerprint density at radius 1 is 1.25 bits per heavy atom. The molecule has 0 aliphatic heterocycles. The van der Waals surface area contributed by atoms with Crippen molar-refractivity contribution in [3.8, 4) is 0 Å². The lowest BCUT2D eigenvalue weighted by Gasteiger charge is -2.26. The topological polar surface area (TPSA) is 21.3 Å². The number of rotatable bonds is 7. The second-order valence-electron chi connectivity index (χ2n) is 5.70. The van der Waals surface area contributed by atoms with Crippen LogP contribution in [0.5, 0.6) is 0 Å². The predicted octanol–water partition coefficient (Wildman–Crippen LogP) is 3.22. The van der Waals surface area contributed by atoms with Crippen molar-refractivity contribution in [3.63, 3.8) is 0 Å². The fraction of sp³-hybridized carbons (Fsp3) is 1.00. The third-order valence-electron chi connectivity index (χ3n) is 3.42. The molecule has 2 nitrogen and oxygen atoms in total. The Morgan fingerprint density at radius 2 is 2.06 bits per heavy atom. The van der Waals surface area contributed by atoms with Gasteiger partial charge in [0, 0.05) is 6.54 Å². The van der Waals surface area contributed by atoms with E-state index in [4.69, 9.17) is 4.74 Å². The Balaban J connectivity index is 1.90. The highest BCUT2D eigenvalue weighted by Gasteiger charge is 2.18. The zero-order valence-corrected chi connectivity index (χ0v) is 11.3. The van der Waals surface area contributed by atoms with Crippen LogP contribution >= 0.6 is 0 Å². The van der Waals surface area contributed by atoms with Crippen molar-refractivity contribution in [2.24, 2.45) is 11.8 Å². The zero-order chi connectivity index (χ0) is 11.8. The van der Waals surface area contributed by atoms with Crippen LogP contribution in [0.1, 0.15) is 52.9 Å². The third-order valence-corrected chi connectivity index (χ3v) is 3.42. The molecule has 2 unspecified atom stereocenters. The first kappa shape index (κ1) is 14.0. The van der Waals surface area contributed by atoms with Crippen LogP contribution < -0.4 is 5.32 Å². The van der Waals surface area contributed by atoms with Crippen molar-refractivity contribution in [3.05, 3.63) is 0 Å². The fourth-order valence-electron chi connectivity index (χ4n) is 2.34. The summed E-state index contributed by atoms with van der Waals surface area (Å²) in [4.78, 5) is 0. The minimum Gasteiger partial charge on any atom is -0.377 e. The van der Waals surface area contributed by atoms with Gasteiger partial charge in [0.25, 0.3) is 0 Å². The second-order valence-corrected chi connectivity index (χ2v) is 5.70. The van der Waals surface area contributed by atoms with Gasteiger partial charge in [0.2, 0.25) is 0 Å². The maximum absolute atomic E-state index is 5.90. The van der Waals surface area contributed by atoms with E-state index in [1.54, 1.807) is 0 Å². The van der Waals surface area contributed by atoms with Gasteiger partial charge in [-0.25, -0.2) is 0 Å². The lowest BCUT2D eigenvalue weighted by molar-refractivity contribution is 0.0174. The first-order chi connectivity index (χ1) is 7.68. The second kappa shape index (κ2) is 8.08. The summed E-state index contributed by atoms with van der Waals surface area (Å²) in [5, 5.41) is 3.44. The molecule has 2 atom stereocenters. The molecule has 2 heteroatoms. The third kappa shape index (κ3) is 6.49. The quantitative estimate of drug-likeness (QED) is 0.674. The molecule has 1 aliphatic carbocycles. The summed E-state index contributed by atoms with van der Waals surface area (Å²) in [5.74, 6) is 1.67. The predicted molar refractivity (Wildman–Crippen MR) is 69.7 cm³/mol. The van der Waals surface area contributed by atoms with Gasteiger partial charge in [-0.3, -0.25) is 0 Å². The van der Waals surface area contributed by atoms with Crippen LogP contribution in [0.15, 0.2) is 0 Å². The molecule has 1 fully saturated rings. The van der Waals surface area contributed by atoms with E-state index in [2.05, 4.69) is 26.1 Å². The molecule has 0 saturated heterocycles. The number of ether oxygens (including phenoxy) is 1. The maximum atomic E-state index is 5.90. The van der Waals surface area contributed by atoms with Crippen LogP contribution in [0, 0.1) is 11.8 Å². The molecule has 0 spiro atoms. The largest absolute Gasteiger partial charge is 0.377 e. The summed E-state index contributed by atoms with van der Waals surface area (Å²) in [6, 6.07) is 0. The zero-order valence-electron chi connectivity index (χ0n) is 11.3. The van der Waals surface area contributed by atoms with Gasteiger partial charge in [0.15, 0.2) is 0 Å². The highest BCUT2D eigenvalue weighted by atomic mass is 16.5. The summed E-state index contributed by atoms with van der Waals surface area (Å²) in [6.07, 6.45) is 7.10. The minimum absolute atomic E-state index is 0.538. The summed E-state index contributed by atoms with van der Waals surface area (Å²) in [5.41, 5.74) is 0. The summed E-state index contributed by atoms with van der Waals surface area (Å²) in [6.45, 7) is 9.90. The van der Waals surface area contributed by atoms with E-state index < -0.39 is 0 Å². The normalized spacial score (nSPS) is 26.2. The van der Waals surface area contributed by atoms with Gasteiger partial charge >= 0.3 is 0 Å². The van der Waals surface area contributed by atoms with E-state index in [0.29, 0.717) is 6.10 Å². The molecular formula is C14H29NO. The average molecular weight is 227 g/mol. The number of hydrogen-bond acceptors (Lipinski definition) is 2. The Kier molecular flexibility index (Phi) is 7.06. The molecule has 0 amide bonds. The molecule has 1 rings (SSSR count). The SMILES string of the molecule is CC(C)CCNCCOC1CCCC(C)C1. The van der Waals surface area contributed by atoms with Gasteiger partial charge in [-0.2, -0.15) is 0 Å². The van der Waals surface area contributed by atoms with Crippen molar-refractivity contribution in [1.29, 1.82) is 0 Å². The Bertz CT molecular complexity index is 170. The molecule has 1 saturated carbocycles. The first-order valence-electron chi connectivity index (χ1n) is 7.00. The minimum atomic E-state index is 0.538. The molecule has 1 aliphatic rings. The Labute approximate surface area is 101 Å². The number of nitrogens with one attached hydrogen (secondary N) is 1. The van der Waals surface area contributed by atoms with Gasteiger partial charge in [-0.05, 0) is 37.6 Å². The lowest BCUT2D eigenvalue weighted by Crippen LogP contribution is -2.27. The van der Waals surface area contributed by atoms with Crippen molar-refractivity contribution >= 4 is 0 Å². The molecule has 0 bridgehead atoms. The van der Waals surface area contributed by atoms with E-state index >= 15 is 0 Å². The van der Waals surface area contributed by atoms with E-state index in [1.807, 2.05) is 0 Å². The molecule has 96 valence electrons. The van der Waals surface area contributed by atoms with E-state index in [9.17, 15) is 0 Å². The van der Waals surface area contributed by atoms with Crippen LogP contribution in [-0.2, 0) is 4.74 Å². The summed E-state index contributed by atoms with van der Waals surface area (Å²) in [7, 11) is 0. The van der Waals surface area contributed by atoms with Crippen LogP contribution in [0.4, 0.5) is 0 Å². The smallest absolute Gasteiger partial charge is 0.0594 e. The monoisotopic (exact) mass is 227 g/mol. The molecular weight excluding hydrogens is 198 g/mol. The van der Waals surface area contributed by atoms with E-state index in [1.165, 1.54) is 32.1 Å². The Morgan fingerprint density at radius 3 is 2.75 bits per heavy atom. The highest BCUT2D eigenvalue weighted by Crippen LogP contribution is 2.25. The van der Waals surface area contributed by atoms with Crippen molar-refractivity contribution < 1.29 is 4.74 Å². The summed E-state index contributed by atoms with van der Waals surface area (Å²) < 4.78 is 5.90. The van der Waals surface area contributed by atoms with Crippen molar-refractivity contribution in [2.45, 2.75) is 59.0 Å². The van der Waals surface area contributed by atoms with Gasteiger partial charge in [-0.15, -0.1) is 0 Å². The van der Waals surface area contributed by atoms with Gasteiger partial charge in [0.05, 0.1) is 12.7 Å². The van der Waals surface area contributed by atoms with E-state index in [-0.39, 0.29) is 0 Å². The van der Waals surface area contributed by atoms with Crippen molar-refractivity contribution in [1.82, 2.24) is 5.32 Å². The van der Waals surface area contributed by atoms with E-state index in [0.717, 1.165) is 31.5 Å². The number of hydrogen-bond donors (Lipinski definition) is 1. The molecule has 1 N–H and O–H groups in total. The molecule has 0 radical (unpaired) electrons. The standard InChI is InChI=1S/C14H29NO/c1-12(2)7-8-15-9-10-16-14-6-4-5-13(3)11-14/h12-15H,4-11H2,1-3H3. The molecule has 0 aromatic heterocycles.